The van der Waals surface area contributed by atoms with E-state index in [9.17, 15) is 0 Å². The fraction of sp³-hybridized carbons (Fsp3) is 0.333. The van der Waals surface area contributed by atoms with Gasteiger partial charge in [-0.1, -0.05) is 18.2 Å². The molecule has 88 valence electrons. The SMILES string of the molecule is Cn1[nH]c(C2CCOc3ccccc32)nc1=S. The van der Waals surface area contributed by atoms with Crippen molar-refractivity contribution >= 4 is 12.2 Å². The number of hydrogen-bond donors (Lipinski definition) is 1. The second-order valence-corrected chi connectivity index (χ2v) is 4.54. The molecule has 2 heterocycles. The van der Waals surface area contributed by atoms with Crippen LogP contribution in [0.3, 0.4) is 0 Å². The molecule has 5 heteroatoms. The van der Waals surface area contributed by atoms with Crippen LogP contribution in [0.15, 0.2) is 24.3 Å². The van der Waals surface area contributed by atoms with Gasteiger partial charge in [-0.3, -0.25) is 9.78 Å². The zero-order valence-corrected chi connectivity index (χ0v) is 10.3. The van der Waals surface area contributed by atoms with E-state index < -0.39 is 0 Å². The molecule has 1 N–H and O–H groups in total. The fourth-order valence-electron chi connectivity index (χ4n) is 2.20. The van der Waals surface area contributed by atoms with E-state index in [1.165, 1.54) is 5.56 Å². The largest absolute Gasteiger partial charge is 0.493 e. The lowest BCUT2D eigenvalue weighted by Gasteiger charge is -2.24. The predicted octanol–water partition coefficient (Wildman–Crippen LogP) is 2.39. The molecule has 0 saturated carbocycles. The van der Waals surface area contributed by atoms with Gasteiger partial charge in [-0.15, -0.1) is 0 Å². The number of nitrogens with one attached hydrogen (secondary N) is 1. The first kappa shape index (κ1) is 10.5. The number of hydrogen-bond acceptors (Lipinski definition) is 3. The second kappa shape index (κ2) is 4.00. The molecule has 4 nitrogen and oxygen atoms in total. The highest BCUT2D eigenvalue weighted by atomic mass is 32.1. The van der Waals surface area contributed by atoms with E-state index in [1.54, 1.807) is 4.68 Å². The van der Waals surface area contributed by atoms with Gasteiger partial charge < -0.3 is 4.74 Å². The van der Waals surface area contributed by atoms with Crippen LogP contribution in [0.25, 0.3) is 0 Å². The van der Waals surface area contributed by atoms with Gasteiger partial charge in [-0.2, -0.15) is 0 Å². The normalized spacial score (nSPS) is 18.5. The van der Waals surface area contributed by atoms with Crippen LogP contribution < -0.4 is 4.74 Å². The molecule has 0 fully saturated rings. The number of aryl methyl sites for hydroxylation is 1. The highest BCUT2D eigenvalue weighted by molar-refractivity contribution is 7.71. The molecular formula is C12H13N3OS. The molecule has 2 aromatic rings. The molecule has 0 aliphatic carbocycles. The van der Waals surface area contributed by atoms with E-state index in [4.69, 9.17) is 17.0 Å². The first-order valence-corrected chi connectivity index (χ1v) is 6.01. The molecule has 1 aromatic carbocycles. The summed E-state index contributed by atoms with van der Waals surface area (Å²) in [5.74, 6) is 2.13. The van der Waals surface area contributed by atoms with Gasteiger partial charge in [0.1, 0.15) is 11.6 Å². The first-order chi connectivity index (χ1) is 8.25. The van der Waals surface area contributed by atoms with Crippen LogP contribution in [-0.4, -0.2) is 21.4 Å². The number of aromatic amines is 1. The molecule has 0 spiro atoms. The Morgan fingerprint density at radius 1 is 1.47 bits per heavy atom. The van der Waals surface area contributed by atoms with E-state index in [0.717, 1.165) is 24.6 Å². The minimum atomic E-state index is 0.253. The number of rotatable bonds is 1. The molecule has 1 unspecified atom stereocenters. The number of ether oxygens (including phenoxy) is 1. The van der Waals surface area contributed by atoms with Crippen molar-refractivity contribution in [3.05, 3.63) is 40.4 Å². The van der Waals surface area contributed by atoms with Gasteiger partial charge in [0.25, 0.3) is 0 Å². The summed E-state index contributed by atoms with van der Waals surface area (Å²) >= 11 is 5.13. The van der Waals surface area contributed by atoms with E-state index in [1.807, 2.05) is 25.2 Å². The smallest absolute Gasteiger partial charge is 0.215 e. The van der Waals surface area contributed by atoms with Crippen LogP contribution in [0.5, 0.6) is 5.75 Å². The van der Waals surface area contributed by atoms with Crippen molar-refractivity contribution in [1.82, 2.24) is 14.8 Å². The van der Waals surface area contributed by atoms with Gasteiger partial charge in [-0.25, -0.2) is 4.98 Å². The Labute approximate surface area is 104 Å². The standard InChI is InChI=1S/C12H13N3OS/c1-15-12(17)13-11(14-15)9-6-7-16-10-5-3-2-4-8(9)10/h2-5,9H,6-7H2,1H3,(H,13,14,17). The highest BCUT2D eigenvalue weighted by Crippen LogP contribution is 2.36. The van der Waals surface area contributed by atoms with Crippen molar-refractivity contribution < 1.29 is 4.74 Å². The molecule has 0 radical (unpaired) electrons. The van der Waals surface area contributed by atoms with Crippen LogP contribution in [0, 0.1) is 4.77 Å². The van der Waals surface area contributed by atoms with Gasteiger partial charge in [0.15, 0.2) is 0 Å². The summed E-state index contributed by atoms with van der Waals surface area (Å²) in [6.45, 7) is 0.721. The molecule has 0 bridgehead atoms. The highest BCUT2D eigenvalue weighted by Gasteiger charge is 2.25. The molecule has 1 aromatic heterocycles. The van der Waals surface area contributed by atoms with Gasteiger partial charge >= 0.3 is 0 Å². The van der Waals surface area contributed by atoms with Gasteiger partial charge in [0.2, 0.25) is 4.77 Å². The fourth-order valence-corrected chi connectivity index (χ4v) is 2.35. The summed E-state index contributed by atoms with van der Waals surface area (Å²) in [5, 5.41) is 3.20. The topological polar surface area (TPSA) is 42.8 Å². The van der Waals surface area contributed by atoms with E-state index >= 15 is 0 Å². The summed E-state index contributed by atoms with van der Waals surface area (Å²) in [4.78, 5) is 4.40. The molecule has 0 saturated heterocycles. The minimum Gasteiger partial charge on any atom is -0.493 e. The summed E-state index contributed by atoms with van der Waals surface area (Å²) < 4.78 is 7.99. The van der Waals surface area contributed by atoms with Crippen LogP contribution in [0.2, 0.25) is 0 Å². The summed E-state index contributed by atoms with van der Waals surface area (Å²) in [6.07, 6.45) is 0.930. The van der Waals surface area contributed by atoms with Gasteiger partial charge in [0.05, 0.1) is 12.5 Å². The minimum absolute atomic E-state index is 0.253. The summed E-state index contributed by atoms with van der Waals surface area (Å²) in [7, 11) is 1.88. The third kappa shape index (κ3) is 1.76. The average molecular weight is 247 g/mol. The quantitative estimate of drug-likeness (QED) is 0.787. The average Bonchev–Trinajstić information content (AvgIpc) is 2.69. The molecule has 17 heavy (non-hydrogen) atoms. The van der Waals surface area contributed by atoms with Crippen LogP contribution in [-0.2, 0) is 7.05 Å². The lowest BCUT2D eigenvalue weighted by molar-refractivity contribution is 0.274. The number of para-hydroxylation sites is 1. The van der Waals surface area contributed by atoms with Crippen molar-refractivity contribution in [3.63, 3.8) is 0 Å². The zero-order valence-electron chi connectivity index (χ0n) is 9.51. The summed E-state index contributed by atoms with van der Waals surface area (Å²) in [6, 6.07) is 8.10. The lowest BCUT2D eigenvalue weighted by Crippen LogP contribution is -2.16. The van der Waals surface area contributed by atoms with Crippen molar-refractivity contribution in [2.45, 2.75) is 12.3 Å². The molecule has 3 rings (SSSR count). The Kier molecular flexibility index (Phi) is 2.48. The van der Waals surface area contributed by atoms with Crippen LogP contribution >= 0.6 is 12.2 Å². The van der Waals surface area contributed by atoms with Crippen LogP contribution in [0.4, 0.5) is 0 Å². The Balaban J connectivity index is 2.08. The predicted molar refractivity (Wildman–Crippen MR) is 66.8 cm³/mol. The maximum atomic E-state index is 5.64. The molecule has 1 aliphatic rings. The zero-order chi connectivity index (χ0) is 11.8. The lowest BCUT2D eigenvalue weighted by atomic mass is 9.93. The van der Waals surface area contributed by atoms with E-state index in [-0.39, 0.29) is 5.92 Å². The van der Waals surface area contributed by atoms with Crippen molar-refractivity contribution in [2.75, 3.05) is 6.61 Å². The van der Waals surface area contributed by atoms with Gasteiger partial charge in [-0.05, 0) is 24.7 Å². The maximum Gasteiger partial charge on any atom is 0.215 e. The number of H-pyrrole nitrogens is 1. The van der Waals surface area contributed by atoms with E-state index in [0.29, 0.717) is 4.77 Å². The molecule has 1 aliphatic heterocycles. The Morgan fingerprint density at radius 3 is 3.06 bits per heavy atom. The monoisotopic (exact) mass is 247 g/mol. The Morgan fingerprint density at radius 2 is 2.29 bits per heavy atom. The molecular weight excluding hydrogens is 234 g/mol. The first-order valence-electron chi connectivity index (χ1n) is 5.60. The molecule has 1 atom stereocenters. The van der Waals surface area contributed by atoms with E-state index in [2.05, 4.69) is 16.1 Å². The van der Waals surface area contributed by atoms with Gasteiger partial charge in [0, 0.05) is 12.6 Å². The second-order valence-electron chi connectivity index (χ2n) is 4.18. The maximum absolute atomic E-state index is 5.64. The van der Waals surface area contributed by atoms with Crippen molar-refractivity contribution in [3.8, 4) is 5.75 Å². The third-order valence-corrected chi connectivity index (χ3v) is 3.44. The third-order valence-electron chi connectivity index (χ3n) is 3.07. The number of nitrogens with zero attached hydrogens (tertiary/aromatic N) is 2. The van der Waals surface area contributed by atoms with Crippen LogP contribution in [0.1, 0.15) is 23.7 Å². The van der Waals surface area contributed by atoms with Crippen molar-refractivity contribution in [2.24, 2.45) is 7.05 Å². The Bertz CT molecular complexity index is 602. The summed E-state index contributed by atoms with van der Waals surface area (Å²) in [5.41, 5.74) is 1.18. The number of fused-ring (bicyclic) bond motifs is 1. The van der Waals surface area contributed by atoms with Crippen molar-refractivity contribution in [1.29, 1.82) is 0 Å². The molecule has 0 amide bonds. The Hall–Kier alpha value is -1.62. The number of benzene rings is 1. The number of aromatic nitrogens is 3.